The van der Waals surface area contributed by atoms with Gasteiger partial charge in [0.2, 0.25) is 0 Å². The second kappa shape index (κ2) is 6.30. The van der Waals surface area contributed by atoms with Crippen LogP contribution in [0.2, 0.25) is 5.02 Å². The molecule has 0 amide bonds. The third kappa shape index (κ3) is 4.40. The summed E-state index contributed by atoms with van der Waals surface area (Å²) >= 11 is 5.98. The molecule has 0 saturated carbocycles. The van der Waals surface area contributed by atoms with Gasteiger partial charge in [0.05, 0.1) is 16.3 Å². The zero-order valence-corrected chi connectivity index (χ0v) is 12.9. The molecule has 0 spiro atoms. The van der Waals surface area contributed by atoms with E-state index < -0.39 is 11.7 Å². The lowest BCUT2D eigenvalue weighted by atomic mass is 9.84. The number of anilines is 1. The Balaban J connectivity index is 2.05. The lowest BCUT2D eigenvalue weighted by Crippen LogP contribution is -2.20. The fraction of sp³-hybridized carbons (Fsp3) is 0.500. The summed E-state index contributed by atoms with van der Waals surface area (Å²) in [6.45, 7) is 4.89. The highest BCUT2D eigenvalue weighted by molar-refractivity contribution is 6.33. The summed E-state index contributed by atoms with van der Waals surface area (Å²) in [5.74, 6) is 0.943. The van der Waals surface area contributed by atoms with Crippen LogP contribution in [0.4, 0.5) is 18.9 Å². The maximum Gasteiger partial charge on any atom is 0.416 e. The summed E-state index contributed by atoms with van der Waals surface area (Å²) < 4.78 is 38.2. The summed E-state index contributed by atoms with van der Waals surface area (Å²) in [6.07, 6.45) is -0.0672. The van der Waals surface area contributed by atoms with Gasteiger partial charge in [0.1, 0.15) is 0 Å². The van der Waals surface area contributed by atoms with Crippen molar-refractivity contribution < 1.29 is 13.2 Å². The van der Waals surface area contributed by atoms with E-state index in [0.717, 1.165) is 25.0 Å². The molecule has 1 nitrogen and oxygen atoms in total. The van der Waals surface area contributed by atoms with Gasteiger partial charge in [-0.05, 0) is 49.8 Å². The number of halogens is 4. The van der Waals surface area contributed by atoms with Crippen molar-refractivity contribution in [2.75, 3.05) is 11.9 Å². The molecule has 0 aliphatic heterocycles. The van der Waals surface area contributed by atoms with Crippen molar-refractivity contribution in [3.63, 3.8) is 0 Å². The minimum Gasteiger partial charge on any atom is -0.384 e. The van der Waals surface area contributed by atoms with Gasteiger partial charge in [-0.15, -0.1) is 0 Å². The summed E-state index contributed by atoms with van der Waals surface area (Å²) in [4.78, 5) is 0. The highest BCUT2D eigenvalue weighted by atomic mass is 35.5. The molecule has 2 atom stereocenters. The predicted molar refractivity (Wildman–Crippen MR) is 80.6 cm³/mol. The molecular formula is C16H19ClF3N. The fourth-order valence-electron chi connectivity index (χ4n) is 2.93. The first kappa shape index (κ1) is 16.2. The van der Waals surface area contributed by atoms with Gasteiger partial charge >= 0.3 is 6.18 Å². The van der Waals surface area contributed by atoms with E-state index in [0.29, 0.717) is 29.1 Å². The lowest BCUT2D eigenvalue weighted by Gasteiger charge is -2.26. The zero-order chi connectivity index (χ0) is 15.6. The largest absolute Gasteiger partial charge is 0.416 e. The van der Waals surface area contributed by atoms with E-state index in [1.165, 1.54) is 11.6 Å². The molecule has 2 unspecified atom stereocenters. The van der Waals surface area contributed by atoms with Crippen LogP contribution in [0, 0.1) is 11.8 Å². The Morgan fingerprint density at radius 2 is 2.05 bits per heavy atom. The Hall–Kier alpha value is -1.16. The van der Waals surface area contributed by atoms with Crippen molar-refractivity contribution in [1.82, 2.24) is 0 Å². The molecule has 2 rings (SSSR count). The summed E-state index contributed by atoms with van der Waals surface area (Å²) in [5, 5.41) is 3.40. The highest BCUT2D eigenvalue weighted by Gasteiger charge is 2.31. The van der Waals surface area contributed by atoms with E-state index in [2.05, 4.69) is 25.2 Å². The second-order valence-electron chi connectivity index (χ2n) is 5.87. The molecule has 1 aromatic rings. The molecular weight excluding hydrogens is 299 g/mol. The molecule has 0 bridgehead atoms. The quantitative estimate of drug-likeness (QED) is 0.698. The Kier molecular flexibility index (Phi) is 4.87. The van der Waals surface area contributed by atoms with Gasteiger partial charge in [-0.2, -0.15) is 13.2 Å². The van der Waals surface area contributed by atoms with Crippen LogP contribution >= 0.6 is 11.6 Å². The van der Waals surface area contributed by atoms with Crippen LogP contribution in [-0.2, 0) is 6.18 Å². The van der Waals surface area contributed by atoms with E-state index in [9.17, 15) is 13.2 Å². The summed E-state index contributed by atoms with van der Waals surface area (Å²) in [6, 6.07) is 3.38. The van der Waals surface area contributed by atoms with Gasteiger partial charge in [0.25, 0.3) is 0 Å². The van der Waals surface area contributed by atoms with Gasteiger partial charge < -0.3 is 5.32 Å². The molecule has 0 fully saturated rings. The van der Waals surface area contributed by atoms with Crippen LogP contribution in [0.3, 0.4) is 0 Å². The van der Waals surface area contributed by atoms with Crippen LogP contribution in [0.1, 0.15) is 32.3 Å². The van der Waals surface area contributed by atoms with E-state index in [-0.39, 0.29) is 0 Å². The van der Waals surface area contributed by atoms with Gasteiger partial charge in [0, 0.05) is 6.54 Å². The molecule has 21 heavy (non-hydrogen) atoms. The van der Waals surface area contributed by atoms with Crippen LogP contribution < -0.4 is 5.32 Å². The normalized spacial score (nSPS) is 22.9. The molecule has 1 aliphatic carbocycles. The Bertz CT molecular complexity index is 537. The van der Waals surface area contributed by atoms with Crippen molar-refractivity contribution in [3.8, 4) is 0 Å². The van der Waals surface area contributed by atoms with Gasteiger partial charge in [-0.25, -0.2) is 0 Å². The van der Waals surface area contributed by atoms with Crippen molar-refractivity contribution in [2.45, 2.75) is 32.9 Å². The van der Waals surface area contributed by atoms with Crippen molar-refractivity contribution in [1.29, 1.82) is 0 Å². The number of nitrogens with one attached hydrogen (secondary N) is 1. The fourth-order valence-corrected chi connectivity index (χ4v) is 3.12. The van der Waals surface area contributed by atoms with Gasteiger partial charge in [-0.1, -0.05) is 30.2 Å². The van der Waals surface area contributed by atoms with Crippen LogP contribution in [-0.4, -0.2) is 6.54 Å². The predicted octanol–water partition coefficient (Wildman–Crippen LogP) is 5.76. The molecule has 0 radical (unpaired) electrons. The van der Waals surface area contributed by atoms with Crippen LogP contribution in [0.5, 0.6) is 0 Å². The van der Waals surface area contributed by atoms with Gasteiger partial charge in [0.15, 0.2) is 0 Å². The lowest BCUT2D eigenvalue weighted by molar-refractivity contribution is -0.137. The number of allylic oxidation sites excluding steroid dienone is 2. The van der Waals surface area contributed by atoms with Crippen LogP contribution in [0.25, 0.3) is 0 Å². The SMILES string of the molecule is CC1=CC(C)CC(CNc2cc(C(F)(F)F)ccc2Cl)C1. The van der Waals surface area contributed by atoms with Gasteiger partial charge in [-0.3, -0.25) is 0 Å². The monoisotopic (exact) mass is 317 g/mol. The Morgan fingerprint density at radius 3 is 2.67 bits per heavy atom. The molecule has 0 saturated heterocycles. The van der Waals surface area contributed by atoms with E-state index in [4.69, 9.17) is 11.6 Å². The molecule has 1 N–H and O–H groups in total. The standard InChI is InChI=1S/C16H19ClF3N/c1-10-5-11(2)7-12(6-10)9-21-15-8-13(16(18,19)20)3-4-14(15)17/h3-5,8,10,12,21H,6-7,9H2,1-2H3. The average Bonchev–Trinajstić information content (AvgIpc) is 2.35. The molecule has 0 aromatic heterocycles. The Labute approximate surface area is 128 Å². The third-order valence-electron chi connectivity index (χ3n) is 3.76. The maximum atomic E-state index is 12.7. The second-order valence-corrected chi connectivity index (χ2v) is 6.28. The minimum atomic E-state index is -4.35. The van der Waals surface area contributed by atoms with E-state index >= 15 is 0 Å². The summed E-state index contributed by atoms with van der Waals surface area (Å²) in [7, 11) is 0. The zero-order valence-electron chi connectivity index (χ0n) is 12.1. The van der Waals surface area contributed by atoms with Crippen molar-refractivity contribution in [3.05, 3.63) is 40.4 Å². The molecule has 116 valence electrons. The first-order valence-corrected chi connectivity index (χ1v) is 7.41. The number of rotatable bonds is 3. The average molecular weight is 318 g/mol. The molecule has 5 heteroatoms. The van der Waals surface area contributed by atoms with E-state index in [1.807, 2.05) is 0 Å². The molecule has 1 aliphatic rings. The smallest absolute Gasteiger partial charge is 0.384 e. The molecule has 1 aromatic carbocycles. The van der Waals surface area contributed by atoms with E-state index in [1.54, 1.807) is 0 Å². The first-order chi connectivity index (χ1) is 9.75. The topological polar surface area (TPSA) is 12.0 Å². The van der Waals surface area contributed by atoms with Crippen LogP contribution in [0.15, 0.2) is 29.8 Å². The first-order valence-electron chi connectivity index (χ1n) is 7.03. The van der Waals surface area contributed by atoms with Crippen molar-refractivity contribution in [2.24, 2.45) is 11.8 Å². The number of hydrogen-bond donors (Lipinski definition) is 1. The Morgan fingerprint density at radius 1 is 1.33 bits per heavy atom. The summed E-state index contributed by atoms with van der Waals surface area (Å²) in [5.41, 5.74) is 1.02. The number of alkyl halides is 3. The maximum absolute atomic E-state index is 12.7. The van der Waals surface area contributed by atoms with Crippen molar-refractivity contribution >= 4 is 17.3 Å². The molecule has 0 heterocycles. The highest BCUT2D eigenvalue weighted by Crippen LogP contribution is 2.34. The number of benzene rings is 1. The number of hydrogen-bond acceptors (Lipinski definition) is 1. The minimum absolute atomic E-state index is 0.319. The third-order valence-corrected chi connectivity index (χ3v) is 4.09.